The molecule has 0 saturated carbocycles. The molecular formula is C14H17N5OS. The SMILES string of the molecule is Cc1nnc(NC(=O)NC[C@@H]2CCc3ccccc3N2)s1. The van der Waals surface area contributed by atoms with Crippen molar-refractivity contribution in [3.63, 3.8) is 0 Å². The van der Waals surface area contributed by atoms with E-state index in [1.807, 2.05) is 13.0 Å². The third-order valence-electron chi connectivity index (χ3n) is 3.39. The maximum absolute atomic E-state index is 11.8. The van der Waals surface area contributed by atoms with Crippen molar-refractivity contribution in [2.24, 2.45) is 0 Å². The molecule has 0 bridgehead atoms. The van der Waals surface area contributed by atoms with E-state index in [4.69, 9.17) is 0 Å². The summed E-state index contributed by atoms with van der Waals surface area (Å²) < 4.78 is 0. The number of para-hydroxylation sites is 1. The Balaban J connectivity index is 1.49. The highest BCUT2D eigenvalue weighted by atomic mass is 32.1. The smallest absolute Gasteiger partial charge is 0.321 e. The summed E-state index contributed by atoms with van der Waals surface area (Å²) in [7, 11) is 0. The zero-order chi connectivity index (χ0) is 14.7. The summed E-state index contributed by atoms with van der Waals surface area (Å²) in [5, 5.41) is 18.1. The maximum atomic E-state index is 11.8. The molecule has 6 nitrogen and oxygen atoms in total. The van der Waals surface area contributed by atoms with Crippen LogP contribution in [0.25, 0.3) is 0 Å². The van der Waals surface area contributed by atoms with E-state index < -0.39 is 0 Å². The number of anilines is 2. The van der Waals surface area contributed by atoms with Gasteiger partial charge in [0.1, 0.15) is 5.01 Å². The average molecular weight is 303 g/mol. The van der Waals surface area contributed by atoms with E-state index in [1.54, 1.807) is 0 Å². The van der Waals surface area contributed by atoms with Crippen LogP contribution >= 0.6 is 11.3 Å². The van der Waals surface area contributed by atoms with Crippen molar-refractivity contribution in [3.05, 3.63) is 34.8 Å². The second-order valence-corrected chi connectivity index (χ2v) is 6.18. The topological polar surface area (TPSA) is 78.9 Å². The second-order valence-electron chi connectivity index (χ2n) is 5.00. The van der Waals surface area contributed by atoms with Gasteiger partial charge in [0.2, 0.25) is 5.13 Å². The monoisotopic (exact) mass is 303 g/mol. The molecule has 7 heteroatoms. The summed E-state index contributed by atoms with van der Waals surface area (Å²) in [5.74, 6) is 0. The first-order chi connectivity index (χ1) is 10.2. The highest BCUT2D eigenvalue weighted by molar-refractivity contribution is 7.15. The molecule has 2 aromatic rings. The predicted molar refractivity (Wildman–Crippen MR) is 83.8 cm³/mol. The van der Waals surface area contributed by atoms with Crippen LogP contribution in [0.15, 0.2) is 24.3 Å². The molecule has 21 heavy (non-hydrogen) atoms. The van der Waals surface area contributed by atoms with Crippen LogP contribution in [0.1, 0.15) is 17.0 Å². The van der Waals surface area contributed by atoms with Gasteiger partial charge < -0.3 is 10.6 Å². The first-order valence-corrected chi connectivity index (χ1v) is 7.72. The van der Waals surface area contributed by atoms with E-state index in [9.17, 15) is 4.79 Å². The van der Waals surface area contributed by atoms with Gasteiger partial charge in [-0.25, -0.2) is 4.79 Å². The van der Waals surface area contributed by atoms with E-state index in [2.05, 4.69) is 44.3 Å². The summed E-state index contributed by atoms with van der Waals surface area (Å²) in [6, 6.07) is 8.29. The molecule has 2 heterocycles. The molecule has 1 aromatic heterocycles. The van der Waals surface area contributed by atoms with E-state index in [-0.39, 0.29) is 12.1 Å². The van der Waals surface area contributed by atoms with Gasteiger partial charge in [-0.05, 0) is 31.4 Å². The Labute approximate surface area is 127 Å². The zero-order valence-corrected chi connectivity index (χ0v) is 12.5. The molecule has 110 valence electrons. The fraction of sp³-hybridized carbons (Fsp3) is 0.357. The second kappa shape index (κ2) is 6.09. The highest BCUT2D eigenvalue weighted by Gasteiger charge is 2.17. The number of fused-ring (bicyclic) bond motifs is 1. The highest BCUT2D eigenvalue weighted by Crippen LogP contribution is 2.23. The quantitative estimate of drug-likeness (QED) is 0.813. The lowest BCUT2D eigenvalue weighted by Crippen LogP contribution is -2.40. The van der Waals surface area contributed by atoms with Crippen LogP contribution < -0.4 is 16.0 Å². The summed E-state index contributed by atoms with van der Waals surface area (Å²) in [6.45, 7) is 2.43. The average Bonchev–Trinajstić information content (AvgIpc) is 2.90. The number of nitrogens with zero attached hydrogens (tertiary/aromatic N) is 2. The van der Waals surface area contributed by atoms with Crippen LogP contribution in [0.4, 0.5) is 15.6 Å². The zero-order valence-electron chi connectivity index (χ0n) is 11.7. The number of amides is 2. The van der Waals surface area contributed by atoms with Gasteiger partial charge in [-0.15, -0.1) is 10.2 Å². The molecule has 1 aliphatic rings. The Bertz CT molecular complexity index is 642. The van der Waals surface area contributed by atoms with Crippen LogP contribution in [0, 0.1) is 6.92 Å². The number of rotatable bonds is 3. The number of hydrogen-bond donors (Lipinski definition) is 3. The van der Waals surface area contributed by atoms with Gasteiger partial charge in [0, 0.05) is 18.3 Å². The summed E-state index contributed by atoms with van der Waals surface area (Å²) >= 11 is 1.36. The van der Waals surface area contributed by atoms with Crippen LogP contribution in [-0.2, 0) is 6.42 Å². The van der Waals surface area contributed by atoms with Crippen LogP contribution in [0.3, 0.4) is 0 Å². The Morgan fingerprint density at radius 3 is 3.10 bits per heavy atom. The van der Waals surface area contributed by atoms with Crippen LogP contribution in [0.2, 0.25) is 0 Å². The van der Waals surface area contributed by atoms with E-state index in [0.29, 0.717) is 11.7 Å². The Morgan fingerprint density at radius 2 is 2.29 bits per heavy atom. The molecule has 0 radical (unpaired) electrons. The summed E-state index contributed by atoms with van der Waals surface area (Å²) in [6.07, 6.45) is 2.04. The molecule has 0 spiro atoms. The van der Waals surface area contributed by atoms with Crippen molar-refractivity contribution >= 4 is 28.2 Å². The van der Waals surface area contributed by atoms with Crippen molar-refractivity contribution in [3.8, 4) is 0 Å². The lowest BCUT2D eigenvalue weighted by atomic mass is 9.98. The minimum atomic E-state index is -0.244. The Morgan fingerprint density at radius 1 is 1.43 bits per heavy atom. The predicted octanol–water partition coefficient (Wildman–Crippen LogP) is 2.39. The number of benzene rings is 1. The number of urea groups is 1. The molecule has 0 saturated heterocycles. The number of aryl methyl sites for hydroxylation is 2. The number of hydrogen-bond acceptors (Lipinski definition) is 5. The Hall–Kier alpha value is -2.15. The standard InChI is InChI=1S/C14H17N5OS/c1-9-18-19-14(21-9)17-13(20)15-8-11-7-6-10-4-2-3-5-12(10)16-11/h2-5,11,16H,6-8H2,1H3,(H2,15,17,19,20)/t11-/m0/s1. The van der Waals surface area contributed by atoms with Crippen LogP contribution in [0.5, 0.6) is 0 Å². The molecule has 0 fully saturated rings. The molecule has 0 aliphatic carbocycles. The maximum Gasteiger partial charge on any atom is 0.321 e. The number of carbonyl (C=O) groups is 1. The third kappa shape index (κ3) is 3.49. The molecule has 1 aliphatic heterocycles. The van der Waals surface area contributed by atoms with Gasteiger partial charge in [0.15, 0.2) is 0 Å². The van der Waals surface area contributed by atoms with Crippen molar-refractivity contribution in [1.82, 2.24) is 15.5 Å². The van der Waals surface area contributed by atoms with E-state index in [0.717, 1.165) is 23.5 Å². The fourth-order valence-electron chi connectivity index (χ4n) is 2.36. The first kappa shape index (κ1) is 13.8. The summed E-state index contributed by atoms with van der Waals surface area (Å²) in [5.41, 5.74) is 2.50. The molecule has 0 unspecified atom stereocenters. The largest absolute Gasteiger partial charge is 0.380 e. The van der Waals surface area contributed by atoms with Gasteiger partial charge in [0.05, 0.1) is 0 Å². The van der Waals surface area contributed by atoms with Gasteiger partial charge in [0.25, 0.3) is 0 Å². The summed E-state index contributed by atoms with van der Waals surface area (Å²) in [4.78, 5) is 11.8. The minimum absolute atomic E-state index is 0.244. The van der Waals surface area contributed by atoms with Crippen molar-refractivity contribution in [2.75, 3.05) is 17.2 Å². The fourth-order valence-corrected chi connectivity index (χ4v) is 2.95. The van der Waals surface area contributed by atoms with Gasteiger partial charge >= 0.3 is 6.03 Å². The normalized spacial score (nSPS) is 16.7. The number of nitrogens with one attached hydrogen (secondary N) is 3. The van der Waals surface area contributed by atoms with Gasteiger partial charge in [-0.2, -0.15) is 0 Å². The molecular weight excluding hydrogens is 286 g/mol. The molecule has 1 atom stereocenters. The van der Waals surface area contributed by atoms with E-state index in [1.165, 1.54) is 16.9 Å². The number of aromatic nitrogens is 2. The lowest BCUT2D eigenvalue weighted by molar-refractivity contribution is 0.251. The molecule has 1 aromatic carbocycles. The lowest BCUT2D eigenvalue weighted by Gasteiger charge is -2.27. The van der Waals surface area contributed by atoms with Crippen molar-refractivity contribution in [1.29, 1.82) is 0 Å². The number of carbonyl (C=O) groups excluding carboxylic acids is 1. The first-order valence-electron chi connectivity index (χ1n) is 6.90. The van der Waals surface area contributed by atoms with Gasteiger partial charge in [-0.3, -0.25) is 5.32 Å². The Kier molecular flexibility index (Phi) is 4.01. The molecule has 2 amide bonds. The minimum Gasteiger partial charge on any atom is -0.380 e. The van der Waals surface area contributed by atoms with Crippen molar-refractivity contribution in [2.45, 2.75) is 25.8 Å². The van der Waals surface area contributed by atoms with E-state index >= 15 is 0 Å². The van der Waals surface area contributed by atoms with Crippen LogP contribution in [-0.4, -0.2) is 28.8 Å². The third-order valence-corrected chi connectivity index (χ3v) is 4.15. The molecule has 3 rings (SSSR count). The van der Waals surface area contributed by atoms with Gasteiger partial charge in [-0.1, -0.05) is 29.5 Å². The van der Waals surface area contributed by atoms with Crippen molar-refractivity contribution < 1.29 is 4.79 Å². The molecule has 3 N–H and O–H groups in total.